The van der Waals surface area contributed by atoms with Crippen molar-refractivity contribution in [3.8, 4) is 0 Å². The van der Waals surface area contributed by atoms with Crippen molar-refractivity contribution in [2.45, 2.75) is 26.7 Å². The molecule has 0 saturated carbocycles. The molecule has 0 unspecified atom stereocenters. The van der Waals surface area contributed by atoms with Gasteiger partial charge in [-0.15, -0.1) is 0 Å². The van der Waals surface area contributed by atoms with Crippen LogP contribution in [0.4, 0.5) is 0 Å². The van der Waals surface area contributed by atoms with Crippen molar-refractivity contribution in [1.82, 2.24) is 9.88 Å². The SMILES string of the molecule is COCCN1C[C@@H](Cc2ccnc3c(C)cc(C)cc23)CC1=O. The number of carbonyl (C=O) groups is 1. The maximum Gasteiger partial charge on any atom is 0.223 e. The second-order valence-electron chi connectivity index (χ2n) is 6.55. The molecule has 1 aromatic carbocycles. The molecule has 0 aliphatic carbocycles. The molecule has 2 aromatic rings. The predicted molar refractivity (Wildman–Crippen MR) is 91.5 cm³/mol. The molecule has 1 fully saturated rings. The highest BCUT2D eigenvalue weighted by Crippen LogP contribution is 2.27. The van der Waals surface area contributed by atoms with Gasteiger partial charge in [0.2, 0.25) is 5.91 Å². The Labute approximate surface area is 137 Å². The number of amides is 1. The van der Waals surface area contributed by atoms with Gasteiger partial charge in [0.25, 0.3) is 0 Å². The van der Waals surface area contributed by atoms with Crippen LogP contribution in [0.25, 0.3) is 10.9 Å². The van der Waals surface area contributed by atoms with Crippen molar-refractivity contribution in [2.24, 2.45) is 5.92 Å². The molecule has 2 heterocycles. The summed E-state index contributed by atoms with van der Waals surface area (Å²) in [6.45, 7) is 6.36. The van der Waals surface area contributed by atoms with Crippen LogP contribution in [0.15, 0.2) is 24.4 Å². The number of likely N-dealkylation sites (tertiary alicyclic amines) is 1. The first-order chi connectivity index (χ1) is 11.1. The fraction of sp³-hybridized carbons (Fsp3) is 0.474. The van der Waals surface area contributed by atoms with Crippen molar-refractivity contribution in [1.29, 1.82) is 0 Å². The Balaban J connectivity index is 1.81. The summed E-state index contributed by atoms with van der Waals surface area (Å²) in [4.78, 5) is 18.6. The van der Waals surface area contributed by atoms with E-state index in [1.807, 2.05) is 11.1 Å². The lowest BCUT2D eigenvalue weighted by Crippen LogP contribution is -2.28. The van der Waals surface area contributed by atoms with Crippen molar-refractivity contribution in [3.05, 3.63) is 41.1 Å². The largest absolute Gasteiger partial charge is 0.383 e. The van der Waals surface area contributed by atoms with Gasteiger partial charge in [0, 0.05) is 38.2 Å². The number of benzene rings is 1. The molecule has 0 N–H and O–H groups in total. The lowest BCUT2D eigenvalue weighted by Gasteiger charge is -2.16. The van der Waals surface area contributed by atoms with Crippen LogP contribution in [0.1, 0.15) is 23.1 Å². The van der Waals surface area contributed by atoms with E-state index in [1.165, 1.54) is 22.1 Å². The van der Waals surface area contributed by atoms with Crippen LogP contribution in [0.5, 0.6) is 0 Å². The van der Waals surface area contributed by atoms with E-state index in [0.717, 1.165) is 18.5 Å². The normalized spacial score (nSPS) is 18.1. The highest BCUT2D eigenvalue weighted by atomic mass is 16.5. The molecule has 122 valence electrons. The standard InChI is InChI=1S/C19H24N2O2/c1-13-8-14(2)19-17(9-13)16(4-5-20-19)10-15-11-18(22)21(12-15)6-7-23-3/h4-5,8-9,15H,6-7,10-12H2,1-3H3/t15-/m0/s1. The van der Waals surface area contributed by atoms with Gasteiger partial charge in [0.15, 0.2) is 0 Å². The van der Waals surface area contributed by atoms with E-state index in [4.69, 9.17) is 4.74 Å². The fourth-order valence-electron chi connectivity index (χ4n) is 3.56. The molecule has 1 atom stereocenters. The minimum absolute atomic E-state index is 0.248. The molecule has 0 radical (unpaired) electrons. The highest BCUT2D eigenvalue weighted by Gasteiger charge is 2.29. The molecule has 0 spiro atoms. The topological polar surface area (TPSA) is 42.4 Å². The Hall–Kier alpha value is -1.94. The van der Waals surface area contributed by atoms with Gasteiger partial charge in [0.1, 0.15) is 0 Å². The minimum atomic E-state index is 0.248. The van der Waals surface area contributed by atoms with Gasteiger partial charge in [-0.1, -0.05) is 11.6 Å². The molecule has 4 nitrogen and oxygen atoms in total. The Kier molecular flexibility index (Phi) is 4.62. The van der Waals surface area contributed by atoms with E-state index < -0.39 is 0 Å². The monoisotopic (exact) mass is 312 g/mol. The lowest BCUT2D eigenvalue weighted by atomic mass is 9.94. The quantitative estimate of drug-likeness (QED) is 0.852. The molecular weight excluding hydrogens is 288 g/mol. The smallest absolute Gasteiger partial charge is 0.223 e. The molecule has 1 saturated heterocycles. The predicted octanol–water partition coefficient (Wildman–Crippen LogP) is 2.89. The van der Waals surface area contributed by atoms with Crippen molar-refractivity contribution in [3.63, 3.8) is 0 Å². The lowest BCUT2D eigenvalue weighted by molar-refractivity contribution is -0.128. The third kappa shape index (κ3) is 3.37. The number of carbonyl (C=O) groups excluding carboxylic acids is 1. The molecule has 3 rings (SSSR count). The van der Waals surface area contributed by atoms with Crippen molar-refractivity contribution in [2.75, 3.05) is 26.8 Å². The summed E-state index contributed by atoms with van der Waals surface area (Å²) in [7, 11) is 1.67. The second kappa shape index (κ2) is 6.67. The number of methoxy groups -OCH3 is 1. The van der Waals surface area contributed by atoms with Crippen LogP contribution in [0, 0.1) is 19.8 Å². The zero-order valence-electron chi connectivity index (χ0n) is 14.1. The third-order valence-electron chi connectivity index (χ3n) is 4.64. The molecule has 4 heteroatoms. The number of aromatic nitrogens is 1. The summed E-state index contributed by atoms with van der Waals surface area (Å²) < 4.78 is 5.09. The number of aryl methyl sites for hydroxylation is 2. The summed E-state index contributed by atoms with van der Waals surface area (Å²) in [6.07, 6.45) is 3.45. The van der Waals surface area contributed by atoms with Gasteiger partial charge < -0.3 is 9.64 Å². The number of pyridine rings is 1. The highest BCUT2D eigenvalue weighted by molar-refractivity contribution is 5.86. The molecule has 1 aliphatic rings. The average Bonchev–Trinajstić information content (AvgIpc) is 2.85. The number of ether oxygens (including phenoxy) is 1. The number of fused-ring (bicyclic) bond motifs is 1. The molecule has 1 aliphatic heterocycles. The van der Waals surface area contributed by atoms with Crippen molar-refractivity contribution >= 4 is 16.8 Å². The first-order valence-electron chi connectivity index (χ1n) is 8.20. The Bertz CT molecular complexity index is 727. The van der Waals surface area contributed by atoms with E-state index in [2.05, 4.69) is 37.0 Å². The summed E-state index contributed by atoms with van der Waals surface area (Å²) in [5, 5.41) is 1.23. The minimum Gasteiger partial charge on any atom is -0.383 e. The van der Waals surface area contributed by atoms with Gasteiger partial charge >= 0.3 is 0 Å². The van der Waals surface area contributed by atoms with Gasteiger partial charge in [-0.2, -0.15) is 0 Å². The number of hydrogen-bond donors (Lipinski definition) is 0. The Morgan fingerprint density at radius 2 is 2.17 bits per heavy atom. The summed E-state index contributed by atoms with van der Waals surface area (Å²) in [5.41, 5.74) is 4.85. The van der Waals surface area contributed by atoms with E-state index in [-0.39, 0.29) is 5.91 Å². The van der Waals surface area contributed by atoms with E-state index in [1.54, 1.807) is 7.11 Å². The van der Waals surface area contributed by atoms with Crippen LogP contribution in [0.3, 0.4) is 0 Å². The second-order valence-corrected chi connectivity index (χ2v) is 6.55. The third-order valence-corrected chi connectivity index (χ3v) is 4.64. The Morgan fingerprint density at radius 1 is 1.35 bits per heavy atom. The van der Waals surface area contributed by atoms with Crippen LogP contribution in [-0.4, -0.2) is 42.6 Å². The molecule has 1 aromatic heterocycles. The number of nitrogens with zero attached hydrogens (tertiary/aromatic N) is 2. The van der Waals surface area contributed by atoms with E-state index in [9.17, 15) is 4.79 Å². The molecular formula is C19H24N2O2. The summed E-state index contributed by atoms with van der Waals surface area (Å²) >= 11 is 0. The first kappa shape index (κ1) is 15.9. The van der Waals surface area contributed by atoms with E-state index >= 15 is 0 Å². The van der Waals surface area contributed by atoms with E-state index in [0.29, 0.717) is 25.5 Å². The van der Waals surface area contributed by atoms with Crippen LogP contribution in [-0.2, 0) is 16.0 Å². The summed E-state index contributed by atoms with van der Waals surface area (Å²) in [5.74, 6) is 0.628. The number of rotatable bonds is 5. The van der Waals surface area contributed by atoms with Gasteiger partial charge in [-0.25, -0.2) is 0 Å². The van der Waals surface area contributed by atoms with Crippen molar-refractivity contribution < 1.29 is 9.53 Å². The number of hydrogen-bond acceptors (Lipinski definition) is 3. The molecule has 0 bridgehead atoms. The van der Waals surface area contributed by atoms with Crippen LogP contribution in [0.2, 0.25) is 0 Å². The first-order valence-corrected chi connectivity index (χ1v) is 8.20. The molecule has 23 heavy (non-hydrogen) atoms. The van der Waals surface area contributed by atoms with Gasteiger partial charge in [-0.3, -0.25) is 9.78 Å². The Morgan fingerprint density at radius 3 is 2.96 bits per heavy atom. The van der Waals surface area contributed by atoms with Crippen LogP contribution < -0.4 is 0 Å². The van der Waals surface area contributed by atoms with Crippen LogP contribution >= 0.6 is 0 Å². The fourth-order valence-corrected chi connectivity index (χ4v) is 3.56. The zero-order chi connectivity index (χ0) is 16.4. The summed E-state index contributed by atoms with van der Waals surface area (Å²) in [6, 6.07) is 6.48. The van der Waals surface area contributed by atoms with Gasteiger partial charge in [-0.05, 0) is 49.4 Å². The molecule has 1 amide bonds. The maximum absolute atomic E-state index is 12.1. The zero-order valence-corrected chi connectivity index (χ0v) is 14.1. The average molecular weight is 312 g/mol. The van der Waals surface area contributed by atoms with Gasteiger partial charge in [0.05, 0.1) is 12.1 Å². The maximum atomic E-state index is 12.1.